The Morgan fingerprint density at radius 2 is 1.65 bits per heavy atom. The number of hydrogen-bond donors (Lipinski definition) is 0. The fourth-order valence-corrected chi connectivity index (χ4v) is 4.19. The molecule has 1 aliphatic heterocycles. The molecule has 0 saturated carbocycles. The summed E-state index contributed by atoms with van der Waals surface area (Å²) >= 11 is 0. The lowest BCUT2D eigenvalue weighted by Crippen LogP contribution is -2.49. The van der Waals surface area contributed by atoms with Crippen molar-refractivity contribution in [3.8, 4) is 11.4 Å². The summed E-state index contributed by atoms with van der Waals surface area (Å²) in [7, 11) is 0. The Hall–Kier alpha value is -4.33. The number of carbonyl (C=O) groups is 1. The second-order valence-electron chi connectivity index (χ2n) is 8.34. The highest BCUT2D eigenvalue weighted by molar-refractivity contribution is 5.95. The fraction of sp³-hybridized carbons (Fsp3) is 0.192. The highest BCUT2D eigenvalue weighted by Gasteiger charge is 2.25. The normalized spacial score (nSPS) is 13.8. The molecule has 4 aromatic rings. The van der Waals surface area contributed by atoms with Gasteiger partial charge in [0.1, 0.15) is 5.82 Å². The van der Waals surface area contributed by atoms with Crippen LogP contribution in [-0.2, 0) is 0 Å². The lowest BCUT2D eigenvalue weighted by atomic mass is 10.1. The Kier molecular flexibility index (Phi) is 5.63. The first-order valence-corrected chi connectivity index (χ1v) is 11.1. The van der Waals surface area contributed by atoms with Crippen molar-refractivity contribution in [3.05, 3.63) is 94.0 Å². The topological polar surface area (TPSA) is 92.5 Å². The van der Waals surface area contributed by atoms with E-state index in [1.807, 2.05) is 55.5 Å². The zero-order valence-electron chi connectivity index (χ0n) is 18.7. The van der Waals surface area contributed by atoms with E-state index in [1.165, 1.54) is 17.7 Å². The van der Waals surface area contributed by atoms with Crippen LogP contribution >= 0.6 is 0 Å². The van der Waals surface area contributed by atoms with Crippen molar-refractivity contribution >= 4 is 28.3 Å². The number of para-hydroxylation sites is 1. The lowest BCUT2D eigenvalue weighted by molar-refractivity contribution is -0.384. The van der Waals surface area contributed by atoms with Crippen molar-refractivity contribution < 1.29 is 9.72 Å². The van der Waals surface area contributed by atoms with Crippen LogP contribution in [0, 0.1) is 17.0 Å². The smallest absolute Gasteiger partial charge is 0.270 e. The maximum Gasteiger partial charge on any atom is 0.270 e. The molecule has 0 atom stereocenters. The molecule has 8 nitrogen and oxygen atoms in total. The number of carbonyl (C=O) groups excluding carboxylic acids is 1. The summed E-state index contributed by atoms with van der Waals surface area (Å²) in [6.07, 6.45) is 0. The number of amides is 1. The second-order valence-corrected chi connectivity index (χ2v) is 8.34. The zero-order valence-corrected chi connectivity index (χ0v) is 18.7. The summed E-state index contributed by atoms with van der Waals surface area (Å²) in [6.45, 7) is 4.26. The standard InChI is InChI=1S/C26H23N5O3/c1-18-9-11-19(12-10-18)24-27-23-8-3-2-7-22(23)25(28-24)29-13-15-30(16-14-29)26(32)20-5-4-6-21(17-20)31(33)34/h2-12,17H,13-16H2,1H3. The number of aryl methyl sites for hydroxylation is 1. The summed E-state index contributed by atoms with van der Waals surface area (Å²) in [6, 6.07) is 22.0. The lowest BCUT2D eigenvalue weighted by Gasteiger charge is -2.36. The van der Waals surface area contributed by atoms with Crippen LogP contribution in [0.4, 0.5) is 11.5 Å². The number of nitro benzene ring substituents is 1. The van der Waals surface area contributed by atoms with Crippen LogP contribution in [-0.4, -0.2) is 51.9 Å². The first-order valence-electron chi connectivity index (χ1n) is 11.1. The predicted molar refractivity (Wildman–Crippen MR) is 131 cm³/mol. The molecule has 2 heterocycles. The molecule has 1 fully saturated rings. The SMILES string of the molecule is Cc1ccc(-c2nc(N3CCN(C(=O)c4cccc([N+](=O)[O-])c4)CC3)c3ccccc3n2)cc1. The van der Waals surface area contributed by atoms with Crippen LogP contribution in [0.2, 0.25) is 0 Å². The Balaban J connectivity index is 1.40. The third-order valence-electron chi connectivity index (χ3n) is 6.06. The molecule has 1 amide bonds. The largest absolute Gasteiger partial charge is 0.352 e. The van der Waals surface area contributed by atoms with Gasteiger partial charge < -0.3 is 9.80 Å². The molecule has 8 heteroatoms. The highest BCUT2D eigenvalue weighted by atomic mass is 16.6. The molecular weight excluding hydrogens is 430 g/mol. The van der Waals surface area contributed by atoms with Gasteiger partial charge in [-0.1, -0.05) is 48.0 Å². The third kappa shape index (κ3) is 4.17. The molecule has 0 unspecified atom stereocenters. The van der Waals surface area contributed by atoms with Crippen LogP contribution in [0.25, 0.3) is 22.3 Å². The van der Waals surface area contributed by atoms with Crippen molar-refractivity contribution in [1.82, 2.24) is 14.9 Å². The van der Waals surface area contributed by atoms with Gasteiger partial charge in [-0.25, -0.2) is 9.97 Å². The number of hydrogen-bond acceptors (Lipinski definition) is 6. The van der Waals surface area contributed by atoms with Crippen molar-refractivity contribution in [2.24, 2.45) is 0 Å². The summed E-state index contributed by atoms with van der Waals surface area (Å²) in [5.74, 6) is 1.32. The van der Waals surface area contributed by atoms with Crippen LogP contribution in [0.15, 0.2) is 72.8 Å². The molecule has 34 heavy (non-hydrogen) atoms. The highest BCUT2D eigenvalue weighted by Crippen LogP contribution is 2.28. The van der Waals surface area contributed by atoms with E-state index in [4.69, 9.17) is 9.97 Å². The molecule has 0 N–H and O–H groups in total. The Bertz CT molecular complexity index is 1380. The Labute approximate surface area is 196 Å². The molecule has 5 rings (SSSR count). The second kappa shape index (κ2) is 8.90. The third-order valence-corrected chi connectivity index (χ3v) is 6.06. The first kappa shape index (κ1) is 21.5. The number of rotatable bonds is 4. The summed E-state index contributed by atoms with van der Waals surface area (Å²) in [4.78, 5) is 37.2. The maximum absolute atomic E-state index is 13.0. The van der Waals surface area contributed by atoms with Gasteiger partial charge in [-0.05, 0) is 25.1 Å². The number of aromatic nitrogens is 2. The fourth-order valence-electron chi connectivity index (χ4n) is 4.19. The minimum absolute atomic E-state index is 0.0828. The summed E-state index contributed by atoms with van der Waals surface area (Å²) in [5, 5.41) is 12.0. The molecule has 0 radical (unpaired) electrons. The van der Waals surface area contributed by atoms with Crippen LogP contribution in [0.3, 0.4) is 0 Å². The monoisotopic (exact) mass is 453 g/mol. The number of nitrogens with zero attached hydrogens (tertiary/aromatic N) is 5. The number of anilines is 1. The molecule has 0 spiro atoms. The van der Waals surface area contributed by atoms with Gasteiger partial charge in [0.25, 0.3) is 11.6 Å². The van der Waals surface area contributed by atoms with Crippen molar-refractivity contribution in [3.63, 3.8) is 0 Å². The number of fused-ring (bicyclic) bond motifs is 1. The molecule has 170 valence electrons. The van der Waals surface area contributed by atoms with Crippen LogP contribution < -0.4 is 4.90 Å². The van der Waals surface area contributed by atoms with E-state index in [1.54, 1.807) is 17.0 Å². The van der Waals surface area contributed by atoms with E-state index in [0.717, 1.165) is 22.3 Å². The molecule has 0 bridgehead atoms. The number of nitro groups is 1. The van der Waals surface area contributed by atoms with Crippen molar-refractivity contribution in [2.45, 2.75) is 6.92 Å². The molecule has 1 aliphatic rings. The van der Waals surface area contributed by atoms with E-state index in [-0.39, 0.29) is 11.6 Å². The van der Waals surface area contributed by atoms with Crippen LogP contribution in [0.5, 0.6) is 0 Å². The van der Waals surface area contributed by atoms with E-state index >= 15 is 0 Å². The number of benzene rings is 3. The number of non-ortho nitro benzene ring substituents is 1. The minimum atomic E-state index is -0.486. The molecule has 1 saturated heterocycles. The molecule has 3 aromatic carbocycles. The van der Waals surface area contributed by atoms with E-state index in [9.17, 15) is 14.9 Å². The minimum Gasteiger partial charge on any atom is -0.352 e. The van der Waals surface area contributed by atoms with Gasteiger partial charge in [-0.3, -0.25) is 14.9 Å². The van der Waals surface area contributed by atoms with Crippen molar-refractivity contribution in [2.75, 3.05) is 31.1 Å². The van der Waals surface area contributed by atoms with Gasteiger partial charge in [0.05, 0.1) is 10.4 Å². The quantitative estimate of drug-likeness (QED) is 0.334. The predicted octanol–water partition coefficient (Wildman–Crippen LogP) is 4.48. The van der Waals surface area contributed by atoms with Crippen molar-refractivity contribution in [1.29, 1.82) is 0 Å². The molecular formula is C26H23N5O3. The van der Waals surface area contributed by atoms with E-state index < -0.39 is 4.92 Å². The van der Waals surface area contributed by atoms with Gasteiger partial charge in [0.2, 0.25) is 0 Å². The Morgan fingerprint density at radius 1 is 0.912 bits per heavy atom. The van der Waals surface area contributed by atoms with Gasteiger partial charge in [-0.2, -0.15) is 0 Å². The van der Waals surface area contributed by atoms with Gasteiger partial charge in [0.15, 0.2) is 5.82 Å². The maximum atomic E-state index is 13.0. The van der Waals surface area contributed by atoms with Gasteiger partial charge in [-0.15, -0.1) is 0 Å². The van der Waals surface area contributed by atoms with Crippen LogP contribution in [0.1, 0.15) is 15.9 Å². The van der Waals surface area contributed by atoms with Gasteiger partial charge in [0, 0.05) is 54.8 Å². The van der Waals surface area contributed by atoms with E-state index in [0.29, 0.717) is 37.6 Å². The zero-order chi connectivity index (χ0) is 23.7. The number of piperazine rings is 1. The van der Waals surface area contributed by atoms with E-state index in [2.05, 4.69) is 4.90 Å². The first-order chi connectivity index (χ1) is 16.5. The summed E-state index contributed by atoms with van der Waals surface area (Å²) in [5.41, 5.74) is 3.25. The van der Waals surface area contributed by atoms with Gasteiger partial charge >= 0.3 is 0 Å². The average molecular weight is 454 g/mol. The average Bonchev–Trinajstić information content (AvgIpc) is 2.88. The molecule has 0 aliphatic carbocycles. The summed E-state index contributed by atoms with van der Waals surface area (Å²) < 4.78 is 0. The molecule has 1 aromatic heterocycles. The Morgan fingerprint density at radius 3 is 2.38 bits per heavy atom.